The maximum absolute atomic E-state index is 14.0. The third-order valence-corrected chi connectivity index (χ3v) is 9.74. The predicted molar refractivity (Wildman–Crippen MR) is 142 cm³/mol. The van der Waals surface area contributed by atoms with Gasteiger partial charge in [-0.3, -0.25) is 14.7 Å². The molecule has 1 aliphatic rings. The monoisotopic (exact) mass is 538 g/mol. The number of piperidine rings is 1. The van der Waals surface area contributed by atoms with Crippen LogP contribution in [0.25, 0.3) is 10.2 Å². The number of hydrogen-bond acceptors (Lipinski definition) is 6. The SMILES string of the molecule is Cc1ccc2sc(N(Cc3cccnc3)C(=O)C3CCCN(S(=O)(=O)c4ccc(F)cc4)C3)nc2c1C. The Labute approximate surface area is 219 Å². The lowest BCUT2D eigenvalue weighted by atomic mass is 9.98. The number of rotatable bonds is 6. The van der Waals surface area contributed by atoms with Gasteiger partial charge in [0.2, 0.25) is 15.9 Å². The molecule has 0 spiro atoms. The third kappa shape index (κ3) is 5.14. The summed E-state index contributed by atoms with van der Waals surface area (Å²) in [6, 6.07) is 12.6. The average molecular weight is 539 g/mol. The number of carbonyl (C=O) groups is 1. The van der Waals surface area contributed by atoms with Gasteiger partial charge in [0, 0.05) is 25.5 Å². The summed E-state index contributed by atoms with van der Waals surface area (Å²) >= 11 is 1.45. The number of sulfonamides is 1. The second-order valence-electron chi connectivity index (χ2n) is 9.29. The predicted octanol–water partition coefficient (Wildman–Crippen LogP) is 5.08. The van der Waals surface area contributed by atoms with E-state index in [2.05, 4.69) is 4.98 Å². The first-order valence-electron chi connectivity index (χ1n) is 12.1. The van der Waals surface area contributed by atoms with Crippen LogP contribution in [0.5, 0.6) is 0 Å². The van der Waals surface area contributed by atoms with Crippen molar-refractivity contribution in [1.82, 2.24) is 14.3 Å². The van der Waals surface area contributed by atoms with Crippen molar-refractivity contribution in [1.29, 1.82) is 0 Å². The summed E-state index contributed by atoms with van der Waals surface area (Å²) in [5.41, 5.74) is 3.93. The molecule has 3 heterocycles. The Kier molecular flexibility index (Phi) is 7.06. The van der Waals surface area contributed by atoms with Gasteiger partial charge >= 0.3 is 0 Å². The van der Waals surface area contributed by atoms with E-state index in [-0.39, 0.29) is 23.9 Å². The smallest absolute Gasteiger partial charge is 0.243 e. The van der Waals surface area contributed by atoms with E-state index in [1.54, 1.807) is 17.3 Å². The Morgan fingerprint density at radius 3 is 2.68 bits per heavy atom. The first-order chi connectivity index (χ1) is 17.7. The summed E-state index contributed by atoms with van der Waals surface area (Å²) in [6.45, 7) is 4.71. The zero-order valence-electron chi connectivity index (χ0n) is 20.6. The summed E-state index contributed by atoms with van der Waals surface area (Å²) in [5, 5.41) is 0.580. The molecule has 0 aliphatic carbocycles. The molecule has 1 unspecified atom stereocenters. The number of benzene rings is 2. The summed E-state index contributed by atoms with van der Waals surface area (Å²) in [4.78, 5) is 24.7. The molecule has 1 aliphatic heterocycles. The number of hydrogen-bond donors (Lipinski definition) is 0. The third-order valence-electron chi connectivity index (χ3n) is 6.82. The maximum atomic E-state index is 14.0. The van der Waals surface area contributed by atoms with Crippen LogP contribution < -0.4 is 4.90 Å². The number of aromatic nitrogens is 2. The van der Waals surface area contributed by atoms with Crippen LogP contribution in [0.15, 0.2) is 65.8 Å². The van der Waals surface area contributed by atoms with Gasteiger partial charge in [-0.25, -0.2) is 17.8 Å². The Balaban J connectivity index is 1.46. The highest BCUT2D eigenvalue weighted by Crippen LogP contribution is 2.34. The molecule has 5 rings (SSSR count). The van der Waals surface area contributed by atoms with Crippen LogP contribution in [0, 0.1) is 25.6 Å². The molecule has 0 bridgehead atoms. The number of anilines is 1. The quantitative estimate of drug-likeness (QED) is 0.342. The van der Waals surface area contributed by atoms with Gasteiger partial charge in [-0.05, 0) is 79.8 Å². The van der Waals surface area contributed by atoms with Crippen LogP contribution in [0.2, 0.25) is 0 Å². The Morgan fingerprint density at radius 1 is 1.16 bits per heavy atom. The standard InChI is InChI=1S/C27H27FN4O3S2/c1-18-7-12-24-25(19(18)2)30-27(36-24)32(16-20-5-3-13-29-15-20)26(33)21-6-4-14-31(17-21)37(34,35)23-10-8-22(28)9-11-23/h3,5,7-13,15,21H,4,6,14,16-17H2,1-2H3. The maximum Gasteiger partial charge on any atom is 0.243 e. The van der Waals surface area contributed by atoms with Gasteiger partial charge in [-0.15, -0.1) is 0 Å². The molecule has 1 saturated heterocycles. The fourth-order valence-electron chi connectivity index (χ4n) is 4.58. The van der Waals surface area contributed by atoms with Crippen LogP contribution >= 0.6 is 11.3 Å². The molecule has 37 heavy (non-hydrogen) atoms. The highest BCUT2D eigenvalue weighted by Gasteiger charge is 2.36. The molecule has 1 amide bonds. The van der Waals surface area contributed by atoms with E-state index in [1.807, 2.05) is 38.1 Å². The molecule has 1 atom stereocenters. The normalized spacial score (nSPS) is 16.7. The first kappa shape index (κ1) is 25.4. The highest BCUT2D eigenvalue weighted by molar-refractivity contribution is 7.89. The van der Waals surface area contributed by atoms with Crippen molar-refractivity contribution in [3.63, 3.8) is 0 Å². The number of nitrogens with zero attached hydrogens (tertiary/aromatic N) is 4. The van der Waals surface area contributed by atoms with Gasteiger partial charge in [-0.1, -0.05) is 23.5 Å². The van der Waals surface area contributed by atoms with Gasteiger partial charge in [0.1, 0.15) is 5.82 Å². The van der Waals surface area contributed by atoms with Crippen molar-refractivity contribution < 1.29 is 17.6 Å². The molecule has 0 saturated carbocycles. The van der Waals surface area contributed by atoms with E-state index >= 15 is 0 Å². The van der Waals surface area contributed by atoms with Crippen LogP contribution in [-0.2, 0) is 21.4 Å². The van der Waals surface area contributed by atoms with E-state index in [9.17, 15) is 17.6 Å². The van der Waals surface area contributed by atoms with Crippen LogP contribution in [-0.4, -0.2) is 41.7 Å². The zero-order valence-corrected chi connectivity index (χ0v) is 22.2. The minimum atomic E-state index is -3.85. The number of pyridine rings is 1. The molecule has 0 N–H and O–H groups in total. The molecule has 1 fully saturated rings. The summed E-state index contributed by atoms with van der Waals surface area (Å²) < 4.78 is 42.2. The molecule has 2 aromatic carbocycles. The second-order valence-corrected chi connectivity index (χ2v) is 12.2. The van der Waals surface area contributed by atoms with Gasteiger partial charge in [0.05, 0.1) is 27.6 Å². The van der Waals surface area contributed by atoms with E-state index < -0.39 is 21.8 Å². The van der Waals surface area contributed by atoms with Crippen molar-refractivity contribution in [3.05, 3.63) is 83.4 Å². The number of fused-ring (bicyclic) bond motifs is 1. The fraction of sp³-hybridized carbons (Fsp3) is 0.296. The Bertz CT molecular complexity index is 1540. The van der Waals surface area contributed by atoms with Crippen LogP contribution in [0.3, 0.4) is 0 Å². The molecule has 192 valence electrons. The average Bonchev–Trinajstić information content (AvgIpc) is 3.35. The molecule has 7 nitrogen and oxygen atoms in total. The van der Waals surface area contributed by atoms with Gasteiger partial charge < -0.3 is 0 Å². The van der Waals surface area contributed by atoms with Crippen molar-refractivity contribution in [2.24, 2.45) is 5.92 Å². The summed E-state index contributed by atoms with van der Waals surface area (Å²) in [7, 11) is -3.85. The van der Waals surface area contributed by atoms with Crippen molar-refractivity contribution in [2.45, 2.75) is 38.1 Å². The molecule has 2 aromatic heterocycles. The largest absolute Gasteiger partial charge is 0.283 e. The van der Waals surface area contributed by atoms with Gasteiger partial charge in [-0.2, -0.15) is 4.31 Å². The number of carbonyl (C=O) groups excluding carboxylic acids is 1. The lowest BCUT2D eigenvalue weighted by Gasteiger charge is -2.33. The number of halogens is 1. The van der Waals surface area contributed by atoms with Gasteiger partial charge in [0.25, 0.3) is 0 Å². The van der Waals surface area contributed by atoms with Crippen molar-refractivity contribution in [3.8, 4) is 0 Å². The molecular formula is C27H27FN4O3S2. The van der Waals surface area contributed by atoms with Gasteiger partial charge in [0.15, 0.2) is 5.13 Å². The first-order valence-corrected chi connectivity index (χ1v) is 14.3. The number of amides is 1. The number of aryl methyl sites for hydroxylation is 2. The summed E-state index contributed by atoms with van der Waals surface area (Å²) in [6.07, 6.45) is 4.52. The Hall–Kier alpha value is -3.21. The van der Waals surface area contributed by atoms with E-state index in [1.165, 1.54) is 27.8 Å². The minimum absolute atomic E-state index is 0.0197. The van der Waals surface area contributed by atoms with Crippen molar-refractivity contribution >= 4 is 42.6 Å². The van der Waals surface area contributed by atoms with E-state index in [0.29, 0.717) is 24.5 Å². The molecule has 10 heteroatoms. The lowest BCUT2D eigenvalue weighted by molar-refractivity contribution is -0.123. The summed E-state index contributed by atoms with van der Waals surface area (Å²) in [5.74, 6) is -1.20. The minimum Gasteiger partial charge on any atom is -0.283 e. The van der Waals surface area contributed by atoms with Crippen LogP contribution in [0.1, 0.15) is 29.5 Å². The number of thiazole rings is 1. The zero-order chi connectivity index (χ0) is 26.2. The van der Waals surface area contributed by atoms with Crippen molar-refractivity contribution in [2.75, 3.05) is 18.0 Å². The molecule has 0 radical (unpaired) electrons. The molecular weight excluding hydrogens is 511 g/mol. The Morgan fingerprint density at radius 2 is 1.95 bits per heavy atom. The van der Waals surface area contributed by atoms with Crippen LogP contribution in [0.4, 0.5) is 9.52 Å². The second kappa shape index (κ2) is 10.3. The molecule has 4 aromatic rings. The highest BCUT2D eigenvalue weighted by atomic mass is 32.2. The van der Waals surface area contributed by atoms with E-state index in [0.717, 1.165) is 39.0 Å². The van der Waals surface area contributed by atoms with E-state index in [4.69, 9.17) is 4.98 Å². The topological polar surface area (TPSA) is 83.5 Å². The fourth-order valence-corrected chi connectivity index (χ4v) is 7.14. The lowest BCUT2D eigenvalue weighted by Crippen LogP contribution is -2.46.